The second-order valence-corrected chi connectivity index (χ2v) is 10.5. The van der Waals surface area contributed by atoms with Crippen molar-refractivity contribution in [1.29, 1.82) is 0 Å². The molecule has 0 aliphatic carbocycles. The van der Waals surface area contributed by atoms with Crippen LogP contribution in [0.15, 0.2) is 84.9 Å². The normalized spacial score (nSPS) is 12.4. The van der Waals surface area contributed by atoms with Gasteiger partial charge in [0.25, 0.3) is 0 Å². The summed E-state index contributed by atoms with van der Waals surface area (Å²) in [5, 5.41) is 0. The summed E-state index contributed by atoms with van der Waals surface area (Å²) < 4.78 is 167. The Balaban J connectivity index is 1.36. The van der Waals surface area contributed by atoms with E-state index in [1.165, 1.54) is 24.3 Å². The molecule has 0 N–H and O–H groups in total. The number of halogens is 12. The first-order valence-electron chi connectivity index (χ1n) is 13.7. The zero-order valence-electron chi connectivity index (χ0n) is 24.6. The third kappa shape index (κ3) is 9.85. The highest BCUT2D eigenvalue weighted by Gasteiger charge is 2.39. The molecule has 4 aromatic carbocycles. The number of hydrogen-bond acceptors (Lipinski definition) is 5. The van der Waals surface area contributed by atoms with Crippen LogP contribution in [0.4, 0.5) is 57.5 Å². The number of alkyl halides is 12. The lowest BCUT2D eigenvalue weighted by Gasteiger charge is -2.14. The molecule has 0 aliphatic heterocycles. The zero-order chi connectivity index (χ0) is 37.2. The fourth-order valence-corrected chi connectivity index (χ4v) is 4.37. The maximum atomic E-state index is 13.1. The van der Waals surface area contributed by atoms with Gasteiger partial charge in [-0.1, -0.05) is 24.3 Å². The summed E-state index contributed by atoms with van der Waals surface area (Å²) in [5.74, 6) is -2.40. The Morgan fingerprint density at radius 1 is 0.420 bits per heavy atom. The van der Waals surface area contributed by atoms with Gasteiger partial charge in [0.05, 0.1) is 22.3 Å². The van der Waals surface area contributed by atoms with E-state index in [4.69, 9.17) is 9.47 Å². The van der Waals surface area contributed by atoms with Gasteiger partial charge in [-0.15, -0.1) is 0 Å². The number of carbonyl (C=O) groups is 3. The van der Waals surface area contributed by atoms with Crippen molar-refractivity contribution in [1.82, 2.24) is 0 Å². The third-order valence-electron chi connectivity index (χ3n) is 6.80. The molecule has 0 spiro atoms. The number of hydrogen-bond donors (Lipinski definition) is 0. The molecule has 0 heterocycles. The lowest BCUT2D eigenvalue weighted by molar-refractivity contribution is -0.144. The number of carbonyl (C=O) groups excluding carboxylic acids is 3. The Labute approximate surface area is 273 Å². The first-order valence-corrected chi connectivity index (χ1v) is 13.7. The minimum absolute atomic E-state index is 0.111. The van der Waals surface area contributed by atoms with E-state index in [2.05, 4.69) is 0 Å². The summed E-state index contributed by atoms with van der Waals surface area (Å²) in [4.78, 5) is 37.3. The summed E-state index contributed by atoms with van der Waals surface area (Å²) in [6.07, 6.45) is -23.1. The highest BCUT2D eigenvalue weighted by Crippen LogP contribution is 2.38. The van der Waals surface area contributed by atoms with Crippen LogP contribution < -0.4 is 9.47 Å². The van der Waals surface area contributed by atoms with Gasteiger partial charge in [-0.25, -0.2) is 4.79 Å². The fraction of sp³-hybridized carbons (Fsp3) is 0.182. The van der Waals surface area contributed by atoms with Crippen LogP contribution in [0.2, 0.25) is 0 Å². The molecule has 0 amide bonds. The minimum Gasteiger partial charge on any atom is -0.395 e. The van der Waals surface area contributed by atoms with Crippen LogP contribution in [0.25, 0.3) is 0 Å². The Morgan fingerprint density at radius 3 is 0.920 bits per heavy atom. The van der Waals surface area contributed by atoms with Crippen molar-refractivity contribution in [3.05, 3.63) is 129 Å². The highest BCUT2D eigenvalue weighted by molar-refractivity contribution is 5.98. The predicted octanol–water partition coefficient (Wildman–Crippen LogP) is 10.2. The smallest absolute Gasteiger partial charge is 0.395 e. The van der Waals surface area contributed by atoms with Crippen molar-refractivity contribution in [3.8, 4) is 11.5 Å². The maximum Gasteiger partial charge on any atom is 0.519 e. The van der Waals surface area contributed by atoms with Gasteiger partial charge in [0, 0.05) is 24.0 Å². The van der Waals surface area contributed by atoms with E-state index in [0.29, 0.717) is 24.3 Å². The molecule has 5 nitrogen and oxygen atoms in total. The van der Waals surface area contributed by atoms with Crippen molar-refractivity contribution < 1.29 is 76.5 Å². The standard InChI is InChI=1S/C33H18F12O5/c34-30(35,36)21-11-19(12-22(15-21)31(37,38)39)27(46)9-17-1-5-25(6-2-17)49-29(48)50-26-7-3-18(4-8-26)10-28(47)20-13-23(32(40,41)42)16-24(14-20)33(43,44)45/h1-8,11-16H,9-10H2. The summed E-state index contributed by atoms with van der Waals surface area (Å²) in [5.41, 5.74) is -7.97. The van der Waals surface area contributed by atoms with Crippen molar-refractivity contribution in [3.63, 3.8) is 0 Å². The zero-order valence-corrected chi connectivity index (χ0v) is 24.6. The summed E-state index contributed by atoms with van der Waals surface area (Å²) in [6, 6.07) is 10.5. The quantitative estimate of drug-likeness (QED) is 0.0784. The molecule has 0 aromatic heterocycles. The molecule has 4 aromatic rings. The third-order valence-corrected chi connectivity index (χ3v) is 6.80. The Bertz CT molecular complexity index is 1690. The number of benzene rings is 4. The highest BCUT2D eigenvalue weighted by atomic mass is 19.4. The van der Waals surface area contributed by atoms with Gasteiger partial charge in [0.1, 0.15) is 11.5 Å². The van der Waals surface area contributed by atoms with Crippen LogP contribution in [0.3, 0.4) is 0 Å². The monoisotopic (exact) mass is 722 g/mol. The lowest BCUT2D eigenvalue weighted by Crippen LogP contribution is -2.15. The molecule has 0 saturated heterocycles. The molecule has 0 fully saturated rings. The number of ketones is 2. The molecular weight excluding hydrogens is 704 g/mol. The second-order valence-electron chi connectivity index (χ2n) is 10.5. The van der Waals surface area contributed by atoms with Gasteiger partial charge in [-0.2, -0.15) is 52.7 Å². The Hall–Kier alpha value is -5.35. The molecule has 17 heteroatoms. The van der Waals surface area contributed by atoms with E-state index >= 15 is 0 Å². The average molecular weight is 722 g/mol. The van der Waals surface area contributed by atoms with Crippen molar-refractivity contribution in [2.24, 2.45) is 0 Å². The van der Waals surface area contributed by atoms with E-state index in [0.717, 1.165) is 24.3 Å². The summed E-state index contributed by atoms with van der Waals surface area (Å²) in [7, 11) is 0. The van der Waals surface area contributed by atoms with E-state index in [1.807, 2.05) is 0 Å². The lowest BCUT2D eigenvalue weighted by atomic mass is 9.98. The van der Waals surface area contributed by atoms with E-state index in [-0.39, 0.29) is 34.8 Å². The van der Waals surface area contributed by atoms with Crippen molar-refractivity contribution >= 4 is 17.7 Å². The fourth-order valence-electron chi connectivity index (χ4n) is 4.37. The summed E-state index contributed by atoms with van der Waals surface area (Å²) in [6.45, 7) is 0. The van der Waals surface area contributed by atoms with Gasteiger partial charge in [-0.3, -0.25) is 9.59 Å². The molecule has 264 valence electrons. The number of rotatable bonds is 8. The van der Waals surface area contributed by atoms with E-state index in [1.54, 1.807) is 0 Å². The topological polar surface area (TPSA) is 69.7 Å². The molecule has 0 saturated carbocycles. The molecule has 0 radical (unpaired) electrons. The van der Waals surface area contributed by atoms with Crippen LogP contribution in [-0.2, 0) is 37.5 Å². The Morgan fingerprint density at radius 2 is 0.680 bits per heavy atom. The number of Topliss-reactive ketones (excluding diaryl/α,β-unsaturated/α-hetero) is 2. The minimum atomic E-state index is -5.14. The van der Waals surface area contributed by atoms with Gasteiger partial charge < -0.3 is 9.47 Å². The largest absolute Gasteiger partial charge is 0.519 e. The van der Waals surface area contributed by atoms with Gasteiger partial charge in [0.15, 0.2) is 11.6 Å². The van der Waals surface area contributed by atoms with Gasteiger partial charge >= 0.3 is 30.9 Å². The molecule has 0 atom stereocenters. The SMILES string of the molecule is O=C(Oc1ccc(CC(=O)c2cc(C(F)(F)F)cc(C(F)(F)F)c2)cc1)Oc1ccc(CC(=O)c2cc(C(F)(F)F)cc(C(F)(F)F)c2)cc1. The average Bonchev–Trinajstić information content (AvgIpc) is 3.00. The van der Waals surface area contributed by atoms with Crippen LogP contribution in [0.1, 0.15) is 54.1 Å². The Kier molecular flexibility index (Phi) is 10.4. The van der Waals surface area contributed by atoms with Crippen molar-refractivity contribution in [2.75, 3.05) is 0 Å². The first-order chi connectivity index (χ1) is 23.0. The molecule has 50 heavy (non-hydrogen) atoms. The van der Waals surface area contributed by atoms with Gasteiger partial charge in [0.2, 0.25) is 0 Å². The number of ether oxygens (including phenoxy) is 2. The van der Waals surface area contributed by atoms with Crippen LogP contribution >= 0.6 is 0 Å². The van der Waals surface area contributed by atoms with Crippen LogP contribution in [0, 0.1) is 0 Å². The van der Waals surface area contributed by atoms with Crippen molar-refractivity contribution in [2.45, 2.75) is 37.5 Å². The molecular formula is C33H18F12O5. The molecule has 0 bridgehead atoms. The predicted molar refractivity (Wildman–Crippen MR) is 148 cm³/mol. The first kappa shape index (κ1) is 37.5. The van der Waals surface area contributed by atoms with Crippen LogP contribution in [0.5, 0.6) is 11.5 Å². The van der Waals surface area contributed by atoms with Crippen LogP contribution in [-0.4, -0.2) is 17.7 Å². The molecule has 4 rings (SSSR count). The second kappa shape index (κ2) is 13.9. The summed E-state index contributed by atoms with van der Waals surface area (Å²) >= 11 is 0. The molecule has 0 aliphatic rings. The maximum absolute atomic E-state index is 13.1. The molecule has 0 unspecified atom stereocenters. The van der Waals surface area contributed by atoms with Gasteiger partial charge in [-0.05, 0) is 71.8 Å². The van der Waals surface area contributed by atoms with E-state index < -0.39 is 88.6 Å². The van der Waals surface area contributed by atoms with E-state index in [9.17, 15) is 67.1 Å².